The third kappa shape index (κ3) is 3.27. The van der Waals surface area contributed by atoms with Crippen LogP contribution in [0.4, 0.5) is 5.69 Å². The number of anilines is 1. The van der Waals surface area contributed by atoms with Crippen molar-refractivity contribution in [1.29, 1.82) is 0 Å². The van der Waals surface area contributed by atoms with Crippen LogP contribution in [0.2, 0.25) is 5.02 Å². The van der Waals surface area contributed by atoms with Crippen molar-refractivity contribution in [3.8, 4) is 0 Å². The molecule has 0 saturated carbocycles. The minimum Gasteiger partial charge on any atom is -0.378 e. The highest BCUT2D eigenvalue weighted by atomic mass is 35.5. The molecule has 5 heteroatoms. The zero-order chi connectivity index (χ0) is 16.4. The van der Waals surface area contributed by atoms with E-state index in [2.05, 4.69) is 10.3 Å². The standard InChI is InChI=1S/C18H16ClN3O/c1-22(2)13-9-7-12(8-10-13)11-16-18(23)21-17(20-16)14-5-3-4-6-15(14)19/h3-11H,1-2H3,(H,20,21,23)/b16-11+. The summed E-state index contributed by atoms with van der Waals surface area (Å²) < 4.78 is 0. The Morgan fingerprint density at radius 3 is 2.43 bits per heavy atom. The first-order valence-electron chi connectivity index (χ1n) is 7.18. The van der Waals surface area contributed by atoms with Gasteiger partial charge in [-0.15, -0.1) is 0 Å². The molecule has 1 amide bonds. The molecule has 1 aliphatic heterocycles. The highest BCUT2D eigenvalue weighted by Gasteiger charge is 2.22. The Balaban J connectivity index is 1.90. The number of benzene rings is 2. The minimum atomic E-state index is -0.225. The van der Waals surface area contributed by atoms with Gasteiger partial charge in [0.1, 0.15) is 11.5 Å². The molecule has 1 N–H and O–H groups in total. The number of carbonyl (C=O) groups is 1. The quantitative estimate of drug-likeness (QED) is 0.880. The van der Waals surface area contributed by atoms with Crippen molar-refractivity contribution in [3.05, 3.63) is 70.4 Å². The second-order valence-electron chi connectivity index (χ2n) is 5.41. The van der Waals surface area contributed by atoms with Crippen molar-refractivity contribution in [2.24, 2.45) is 4.99 Å². The van der Waals surface area contributed by atoms with Crippen LogP contribution in [0.15, 0.2) is 59.2 Å². The van der Waals surface area contributed by atoms with Gasteiger partial charge < -0.3 is 10.2 Å². The van der Waals surface area contributed by atoms with Gasteiger partial charge in [-0.3, -0.25) is 4.79 Å². The first kappa shape index (κ1) is 15.3. The van der Waals surface area contributed by atoms with E-state index in [-0.39, 0.29) is 5.91 Å². The molecule has 0 atom stereocenters. The van der Waals surface area contributed by atoms with Crippen molar-refractivity contribution < 1.29 is 4.79 Å². The van der Waals surface area contributed by atoms with Gasteiger partial charge in [-0.2, -0.15) is 0 Å². The highest BCUT2D eigenvalue weighted by Crippen LogP contribution is 2.21. The molecule has 2 aromatic carbocycles. The summed E-state index contributed by atoms with van der Waals surface area (Å²) in [6.45, 7) is 0. The lowest BCUT2D eigenvalue weighted by atomic mass is 10.1. The number of hydrogen-bond acceptors (Lipinski definition) is 3. The Hall–Kier alpha value is -2.59. The average molecular weight is 326 g/mol. The van der Waals surface area contributed by atoms with E-state index >= 15 is 0 Å². The van der Waals surface area contributed by atoms with E-state index in [9.17, 15) is 4.79 Å². The largest absolute Gasteiger partial charge is 0.378 e. The predicted octanol–water partition coefficient (Wildman–Crippen LogP) is 3.32. The highest BCUT2D eigenvalue weighted by molar-refractivity contribution is 6.35. The molecule has 1 heterocycles. The summed E-state index contributed by atoms with van der Waals surface area (Å²) in [5.74, 6) is 0.258. The van der Waals surface area contributed by atoms with E-state index in [4.69, 9.17) is 11.6 Å². The van der Waals surface area contributed by atoms with Crippen molar-refractivity contribution in [2.45, 2.75) is 0 Å². The fourth-order valence-electron chi connectivity index (χ4n) is 2.28. The third-order valence-electron chi connectivity index (χ3n) is 3.54. The normalized spacial score (nSPS) is 15.5. The van der Waals surface area contributed by atoms with Crippen LogP contribution in [-0.2, 0) is 4.79 Å². The van der Waals surface area contributed by atoms with Crippen molar-refractivity contribution >= 4 is 35.1 Å². The number of amides is 1. The SMILES string of the molecule is CN(C)c1ccc(/C=C2/N=C(c3ccccc3Cl)NC2=O)cc1. The smallest absolute Gasteiger partial charge is 0.275 e. The zero-order valence-electron chi connectivity index (χ0n) is 12.9. The van der Waals surface area contributed by atoms with Crippen molar-refractivity contribution in [3.63, 3.8) is 0 Å². The van der Waals surface area contributed by atoms with E-state index in [1.54, 1.807) is 12.1 Å². The second-order valence-corrected chi connectivity index (χ2v) is 5.82. The van der Waals surface area contributed by atoms with Crippen LogP contribution in [0.25, 0.3) is 6.08 Å². The van der Waals surface area contributed by atoms with Gasteiger partial charge in [0.25, 0.3) is 5.91 Å². The molecular formula is C18H16ClN3O. The molecule has 0 bridgehead atoms. The van der Waals surface area contributed by atoms with Gasteiger partial charge >= 0.3 is 0 Å². The van der Waals surface area contributed by atoms with Crippen LogP contribution in [0, 0.1) is 0 Å². The Bertz CT molecular complexity index is 807. The summed E-state index contributed by atoms with van der Waals surface area (Å²) in [6, 6.07) is 15.2. The average Bonchev–Trinajstić information content (AvgIpc) is 2.89. The Morgan fingerprint density at radius 1 is 1.09 bits per heavy atom. The van der Waals surface area contributed by atoms with E-state index < -0.39 is 0 Å². The van der Waals surface area contributed by atoms with Gasteiger partial charge in [-0.05, 0) is 35.9 Å². The molecular weight excluding hydrogens is 310 g/mol. The van der Waals surface area contributed by atoms with Gasteiger partial charge in [-0.1, -0.05) is 35.9 Å². The van der Waals surface area contributed by atoms with Gasteiger partial charge in [0.05, 0.1) is 5.02 Å². The van der Waals surface area contributed by atoms with Crippen LogP contribution in [0.5, 0.6) is 0 Å². The molecule has 0 fully saturated rings. The van der Waals surface area contributed by atoms with Gasteiger partial charge in [0.2, 0.25) is 0 Å². The Labute approximate surface area is 140 Å². The van der Waals surface area contributed by atoms with Gasteiger partial charge in [0.15, 0.2) is 0 Å². The first-order chi connectivity index (χ1) is 11.0. The maximum atomic E-state index is 12.1. The molecule has 0 aliphatic carbocycles. The zero-order valence-corrected chi connectivity index (χ0v) is 13.6. The molecule has 4 nitrogen and oxygen atoms in total. The first-order valence-corrected chi connectivity index (χ1v) is 7.56. The third-order valence-corrected chi connectivity index (χ3v) is 3.87. The molecule has 1 aliphatic rings. The number of nitrogens with zero attached hydrogens (tertiary/aromatic N) is 2. The fraction of sp³-hybridized carbons (Fsp3) is 0.111. The van der Waals surface area contributed by atoms with Crippen LogP contribution in [-0.4, -0.2) is 25.8 Å². The number of nitrogens with one attached hydrogen (secondary N) is 1. The summed E-state index contributed by atoms with van der Waals surface area (Å²) in [5.41, 5.74) is 3.11. The van der Waals surface area contributed by atoms with Crippen LogP contribution in [0.3, 0.4) is 0 Å². The summed E-state index contributed by atoms with van der Waals surface area (Å²) in [4.78, 5) is 18.5. The van der Waals surface area contributed by atoms with E-state index in [0.717, 1.165) is 11.3 Å². The van der Waals surface area contributed by atoms with E-state index in [0.29, 0.717) is 22.1 Å². The number of hydrogen-bond donors (Lipinski definition) is 1. The molecule has 0 saturated heterocycles. The van der Waals surface area contributed by atoms with E-state index in [1.807, 2.05) is 61.5 Å². The molecule has 2 aromatic rings. The van der Waals surface area contributed by atoms with Gasteiger partial charge in [0, 0.05) is 25.3 Å². The molecule has 116 valence electrons. The number of halogens is 1. The number of carbonyl (C=O) groups excluding carboxylic acids is 1. The van der Waals surface area contributed by atoms with Crippen LogP contribution in [0.1, 0.15) is 11.1 Å². The lowest BCUT2D eigenvalue weighted by Crippen LogP contribution is -2.24. The summed E-state index contributed by atoms with van der Waals surface area (Å²) in [6.07, 6.45) is 1.76. The Morgan fingerprint density at radius 2 is 1.78 bits per heavy atom. The van der Waals surface area contributed by atoms with Crippen molar-refractivity contribution in [1.82, 2.24) is 5.32 Å². The summed E-state index contributed by atoms with van der Waals surface area (Å²) in [5, 5.41) is 3.32. The molecule has 0 spiro atoms. The Kier molecular flexibility index (Phi) is 4.17. The summed E-state index contributed by atoms with van der Waals surface area (Å²) >= 11 is 6.15. The monoisotopic (exact) mass is 325 g/mol. The minimum absolute atomic E-state index is 0.225. The fourth-order valence-corrected chi connectivity index (χ4v) is 2.50. The number of rotatable bonds is 3. The lowest BCUT2D eigenvalue weighted by molar-refractivity contribution is -0.115. The van der Waals surface area contributed by atoms with E-state index in [1.165, 1.54) is 0 Å². The predicted molar refractivity (Wildman–Crippen MR) is 94.9 cm³/mol. The molecule has 0 unspecified atom stereocenters. The second kappa shape index (κ2) is 6.26. The van der Waals surface area contributed by atoms with Gasteiger partial charge in [-0.25, -0.2) is 4.99 Å². The molecule has 3 rings (SSSR count). The lowest BCUT2D eigenvalue weighted by Gasteiger charge is -2.11. The van der Waals surface area contributed by atoms with Crippen LogP contribution < -0.4 is 10.2 Å². The topological polar surface area (TPSA) is 44.7 Å². The summed E-state index contributed by atoms with van der Waals surface area (Å²) in [7, 11) is 3.97. The number of amidine groups is 1. The molecule has 0 aromatic heterocycles. The molecule has 0 radical (unpaired) electrons. The molecule has 23 heavy (non-hydrogen) atoms. The maximum Gasteiger partial charge on any atom is 0.275 e. The number of aliphatic imine (C=N–C) groups is 1. The van der Waals surface area contributed by atoms with Crippen LogP contribution >= 0.6 is 11.6 Å². The maximum absolute atomic E-state index is 12.1. The van der Waals surface area contributed by atoms with Crippen molar-refractivity contribution in [2.75, 3.05) is 19.0 Å².